The van der Waals surface area contributed by atoms with Crippen molar-refractivity contribution in [1.29, 1.82) is 0 Å². The molecule has 0 saturated heterocycles. The fourth-order valence-corrected chi connectivity index (χ4v) is 1.48. The Morgan fingerprint density at radius 1 is 1.39 bits per heavy atom. The second-order valence-corrected chi connectivity index (χ2v) is 3.36. The number of esters is 1. The van der Waals surface area contributed by atoms with Crippen LogP contribution in [0.2, 0.25) is 0 Å². The van der Waals surface area contributed by atoms with Crippen LogP contribution >= 0.6 is 0 Å². The van der Waals surface area contributed by atoms with Gasteiger partial charge in [-0.1, -0.05) is 0 Å². The van der Waals surface area contributed by atoms with Gasteiger partial charge in [-0.3, -0.25) is 0 Å². The smallest absolute Gasteiger partial charge is 0.339 e. The van der Waals surface area contributed by atoms with Crippen LogP contribution < -0.4 is 9.47 Å². The van der Waals surface area contributed by atoms with E-state index in [1.165, 1.54) is 26.4 Å². The van der Waals surface area contributed by atoms with E-state index in [1.54, 1.807) is 6.92 Å². The number of ether oxygens (including phenoxy) is 3. The summed E-state index contributed by atoms with van der Waals surface area (Å²) in [5.41, 5.74) is -0.00532. The summed E-state index contributed by atoms with van der Waals surface area (Å²) in [6.07, 6.45) is -1.60. The molecule has 0 aliphatic rings. The van der Waals surface area contributed by atoms with E-state index in [4.69, 9.17) is 9.47 Å². The summed E-state index contributed by atoms with van der Waals surface area (Å²) in [6, 6.07) is 2.65. The zero-order valence-corrected chi connectivity index (χ0v) is 10.4. The first-order valence-electron chi connectivity index (χ1n) is 5.31. The fraction of sp³-hybridized carbons (Fsp3) is 0.417. The number of halogens is 1. The van der Waals surface area contributed by atoms with Gasteiger partial charge >= 0.3 is 5.97 Å². The monoisotopic (exact) mass is 258 g/mol. The van der Waals surface area contributed by atoms with Crippen molar-refractivity contribution in [3.8, 4) is 11.5 Å². The molecular formula is C12H15FO5. The molecule has 0 radical (unpaired) electrons. The first-order valence-corrected chi connectivity index (χ1v) is 5.31. The fourth-order valence-electron chi connectivity index (χ4n) is 1.48. The van der Waals surface area contributed by atoms with Gasteiger partial charge in [0.15, 0.2) is 17.6 Å². The molecular weight excluding hydrogens is 243 g/mol. The summed E-state index contributed by atoms with van der Waals surface area (Å²) in [6.45, 7) is 1.73. The number of aliphatic hydroxyl groups is 1. The number of benzene rings is 1. The molecule has 0 bridgehead atoms. The van der Waals surface area contributed by atoms with E-state index >= 15 is 0 Å². The van der Waals surface area contributed by atoms with Gasteiger partial charge in [-0.2, -0.15) is 4.39 Å². The highest BCUT2D eigenvalue weighted by Crippen LogP contribution is 2.34. The Bertz CT molecular complexity index is 433. The van der Waals surface area contributed by atoms with Crippen molar-refractivity contribution in [3.05, 3.63) is 23.5 Å². The van der Waals surface area contributed by atoms with Gasteiger partial charge in [0.25, 0.3) is 0 Å². The number of hydrogen-bond donors (Lipinski definition) is 1. The van der Waals surface area contributed by atoms with Gasteiger partial charge in [0.05, 0.1) is 20.8 Å². The Labute approximate surface area is 104 Å². The Kier molecular flexibility index (Phi) is 4.91. The van der Waals surface area contributed by atoms with Gasteiger partial charge in [0.2, 0.25) is 5.82 Å². The molecule has 6 heteroatoms. The minimum Gasteiger partial charge on any atom is -0.494 e. The van der Waals surface area contributed by atoms with Crippen LogP contribution in [0.5, 0.6) is 11.5 Å². The molecule has 1 aromatic carbocycles. The number of methoxy groups -OCH3 is 2. The second-order valence-electron chi connectivity index (χ2n) is 3.36. The van der Waals surface area contributed by atoms with Gasteiger partial charge < -0.3 is 19.3 Å². The molecule has 18 heavy (non-hydrogen) atoms. The van der Waals surface area contributed by atoms with Crippen molar-refractivity contribution < 1.29 is 28.5 Å². The number of aliphatic hydroxyl groups excluding tert-OH is 1. The third-order valence-corrected chi connectivity index (χ3v) is 2.32. The average Bonchev–Trinajstić information content (AvgIpc) is 2.37. The number of carbonyl (C=O) groups is 1. The summed E-state index contributed by atoms with van der Waals surface area (Å²) >= 11 is 0. The van der Waals surface area contributed by atoms with E-state index < -0.39 is 17.9 Å². The van der Waals surface area contributed by atoms with Crippen LogP contribution in [0.25, 0.3) is 0 Å². The summed E-state index contributed by atoms with van der Waals surface area (Å²) < 4.78 is 28.1. The first kappa shape index (κ1) is 14.2. The SMILES string of the molecule is CCOC(=O)C(O)c1ccc(OC)c(F)c1OC. The lowest BCUT2D eigenvalue weighted by Gasteiger charge is -2.15. The Morgan fingerprint density at radius 3 is 2.56 bits per heavy atom. The van der Waals surface area contributed by atoms with Crippen molar-refractivity contribution in [3.63, 3.8) is 0 Å². The van der Waals surface area contributed by atoms with Crippen molar-refractivity contribution >= 4 is 5.97 Å². The Morgan fingerprint density at radius 2 is 2.06 bits per heavy atom. The molecule has 100 valence electrons. The van der Waals surface area contributed by atoms with Crippen LogP contribution in [-0.2, 0) is 9.53 Å². The highest BCUT2D eigenvalue weighted by atomic mass is 19.1. The minimum atomic E-state index is -1.60. The zero-order chi connectivity index (χ0) is 13.7. The topological polar surface area (TPSA) is 65.0 Å². The first-order chi connectivity index (χ1) is 8.56. The molecule has 0 heterocycles. The van der Waals surface area contributed by atoms with Crippen LogP contribution in [-0.4, -0.2) is 31.9 Å². The average molecular weight is 258 g/mol. The third kappa shape index (κ3) is 2.70. The number of rotatable bonds is 5. The maximum atomic E-state index is 13.8. The minimum absolute atomic E-state index is 0.00532. The van der Waals surface area contributed by atoms with E-state index in [1.807, 2.05) is 0 Å². The predicted octanol–water partition coefficient (Wildman–Crippen LogP) is 1.44. The van der Waals surface area contributed by atoms with Crippen molar-refractivity contribution in [2.75, 3.05) is 20.8 Å². The number of carbonyl (C=O) groups excluding carboxylic acids is 1. The molecule has 1 atom stereocenters. The molecule has 0 fully saturated rings. The maximum Gasteiger partial charge on any atom is 0.339 e. The quantitative estimate of drug-likeness (QED) is 0.809. The van der Waals surface area contributed by atoms with Crippen molar-refractivity contribution in [2.45, 2.75) is 13.0 Å². The lowest BCUT2D eigenvalue weighted by molar-refractivity contribution is -0.153. The molecule has 1 unspecified atom stereocenters. The van der Waals surface area contributed by atoms with E-state index in [2.05, 4.69) is 4.74 Å². The van der Waals surface area contributed by atoms with Crippen LogP contribution in [0.4, 0.5) is 4.39 Å². The molecule has 5 nitrogen and oxygen atoms in total. The molecule has 1 aromatic rings. The molecule has 1 N–H and O–H groups in total. The van der Waals surface area contributed by atoms with Crippen LogP contribution in [0.3, 0.4) is 0 Å². The van der Waals surface area contributed by atoms with Crippen LogP contribution in [0.1, 0.15) is 18.6 Å². The summed E-state index contributed by atoms with van der Waals surface area (Å²) in [5.74, 6) is -1.91. The van der Waals surface area contributed by atoms with Crippen molar-refractivity contribution in [1.82, 2.24) is 0 Å². The van der Waals surface area contributed by atoms with Crippen LogP contribution in [0, 0.1) is 5.82 Å². The molecule has 1 rings (SSSR count). The summed E-state index contributed by atoms with van der Waals surface area (Å²) in [7, 11) is 2.54. The summed E-state index contributed by atoms with van der Waals surface area (Å²) in [5, 5.41) is 9.76. The van der Waals surface area contributed by atoms with Gasteiger partial charge in [-0.05, 0) is 19.1 Å². The summed E-state index contributed by atoms with van der Waals surface area (Å²) in [4.78, 5) is 11.4. The predicted molar refractivity (Wildman–Crippen MR) is 61.1 cm³/mol. The van der Waals surface area contributed by atoms with Gasteiger partial charge in [0, 0.05) is 5.56 Å². The lowest BCUT2D eigenvalue weighted by atomic mass is 10.1. The maximum absolute atomic E-state index is 13.8. The van der Waals surface area contributed by atoms with Gasteiger partial charge in [0.1, 0.15) is 0 Å². The molecule has 0 aromatic heterocycles. The van der Waals surface area contributed by atoms with Crippen molar-refractivity contribution in [2.24, 2.45) is 0 Å². The van der Waals surface area contributed by atoms with E-state index in [0.717, 1.165) is 0 Å². The van der Waals surface area contributed by atoms with E-state index in [0.29, 0.717) is 0 Å². The third-order valence-electron chi connectivity index (χ3n) is 2.32. The van der Waals surface area contributed by atoms with E-state index in [-0.39, 0.29) is 23.7 Å². The molecule has 0 aliphatic heterocycles. The van der Waals surface area contributed by atoms with Gasteiger partial charge in [-0.15, -0.1) is 0 Å². The van der Waals surface area contributed by atoms with Gasteiger partial charge in [-0.25, -0.2) is 4.79 Å². The molecule has 0 spiro atoms. The van der Waals surface area contributed by atoms with Crippen LogP contribution in [0.15, 0.2) is 12.1 Å². The Balaban J connectivity index is 3.16. The largest absolute Gasteiger partial charge is 0.494 e. The highest BCUT2D eigenvalue weighted by Gasteiger charge is 2.26. The second kappa shape index (κ2) is 6.20. The standard InChI is InChI=1S/C12H15FO5/c1-4-18-12(15)10(14)7-5-6-8(16-2)9(13)11(7)17-3/h5-6,10,14H,4H2,1-3H3. The normalized spacial score (nSPS) is 11.8. The lowest BCUT2D eigenvalue weighted by Crippen LogP contribution is -2.16. The molecule has 0 aliphatic carbocycles. The Hall–Kier alpha value is -1.82. The molecule has 0 saturated carbocycles. The number of hydrogen-bond acceptors (Lipinski definition) is 5. The zero-order valence-electron chi connectivity index (χ0n) is 10.4. The molecule has 0 amide bonds. The van der Waals surface area contributed by atoms with E-state index in [9.17, 15) is 14.3 Å². The highest BCUT2D eigenvalue weighted by molar-refractivity contribution is 5.77.